The van der Waals surface area contributed by atoms with Crippen LogP contribution in [0, 0.1) is 3.57 Å². The van der Waals surface area contributed by atoms with E-state index in [0.717, 1.165) is 6.07 Å². The zero-order valence-corrected chi connectivity index (χ0v) is 12.0. The van der Waals surface area contributed by atoms with Gasteiger partial charge in [-0.25, -0.2) is 0 Å². The van der Waals surface area contributed by atoms with Gasteiger partial charge in [0, 0.05) is 9.13 Å². The molecule has 0 fully saturated rings. The summed E-state index contributed by atoms with van der Waals surface area (Å²) in [5, 5.41) is -0.402. The highest BCUT2D eigenvalue weighted by atomic mass is 127. The Morgan fingerprint density at radius 1 is 1.44 bits per heavy atom. The Morgan fingerprint density at radius 2 is 2.00 bits per heavy atom. The molecular formula is C9H4BrClF3IO. The number of hydrogen-bond acceptors (Lipinski definition) is 1. The topological polar surface area (TPSA) is 17.1 Å². The van der Waals surface area contributed by atoms with Crippen LogP contribution in [0.1, 0.15) is 15.9 Å². The van der Waals surface area contributed by atoms with Crippen molar-refractivity contribution in [3.63, 3.8) is 0 Å². The van der Waals surface area contributed by atoms with Crippen LogP contribution >= 0.6 is 50.1 Å². The molecule has 1 rings (SSSR count). The summed E-state index contributed by atoms with van der Waals surface area (Å²) in [5.74, 6) is -0.417. The second-order valence-electron chi connectivity index (χ2n) is 2.87. The van der Waals surface area contributed by atoms with Crippen LogP contribution in [0.15, 0.2) is 12.1 Å². The van der Waals surface area contributed by atoms with E-state index in [4.69, 9.17) is 11.6 Å². The van der Waals surface area contributed by atoms with E-state index in [1.54, 1.807) is 22.6 Å². The third kappa shape index (κ3) is 3.10. The molecule has 0 unspecified atom stereocenters. The van der Waals surface area contributed by atoms with Crippen molar-refractivity contribution in [2.45, 2.75) is 6.18 Å². The molecule has 0 N–H and O–H groups in total. The Kier molecular flexibility index (Phi) is 4.65. The standard InChI is InChI=1S/C9H4BrClF3IO/c10-3-7(16)4-1-5(9(12,13)14)8(11)6(15)2-4/h1-2H,3H2. The van der Waals surface area contributed by atoms with E-state index >= 15 is 0 Å². The maximum Gasteiger partial charge on any atom is 0.417 e. The van der Waals surface area contributed by atoms with Gasteiger partial charge in [-0.15, -0.1) is 0 Å². The number of halogens is 6. The normalized spacial score (nSPS) is 11.6. The second kappa shape index (κ2) is 5.22. The highest BCUT2D eigenvalue weighted by molar-refractivity contribution is 14.1. The van der Waals surface area contributed by atoms with Crippen molar-refractivity contribution < 1.29 is 18.0 Å². The maximum atomic E-state index is 12.6. The van der Waals surface area contributed by atoms with Gasteiger partial charge in [0.15, 0.2) is 5.78 Å². The lowest BCUT2D eigenvalue weighted by atomic mass is 10.1. The summed E-state index contributed by atoms with van der Waals surface area (Å²) in [6.45, 7) is 0. The van der Waals surface area contributed by atoms with Gasteiger partial charge in [0.1, 0.15) is 0 Å². The van der Waals surface area contributed by atoms with Crippen LogP contribution in [0.2, 0.25) is 5.02 Å². The van der Waals surface area contributed by atoms with E-state index < -0.39 is 17.5 Å². The number of alkyl halides is 4. The Balaban J connectivity index is 3.39. The number of carbonyl (C=O) groups is 1. The molecule has 0 bridgehead atoms. The molecule has 0 aliphatic rings. The SMILES string of the molecule is O=C(CBr)c1cc(I)c(Cl)c(C(F)(F)F)c1. The summed E-state index contributed by atoms with van der Waals surface area (Å²) < 4.78 is 37.9. The fraction of sp³-hybridized carbons (Fsp3) is 0.222. The van der Waals surface area contributed by atoms with Gasteiger partial charge in [0.25, 0.3) is 0 Å². The molecule has 0 amide bonds. The Morgan fingerprint density at radius 3 is 2.44 bits per heavy atom. The molecule has 7 heteroatoms. The number of hydrogen-bond donors (Lipinski definition) is 0. The second-order valence-corrected chi connectivity index (χ2v) is 4.98. The van der Waals surface area contributed by atoms with E-state index in [1.807, 2.05) is 0 Å². The highest BCUT2D eigenvalue weighted by Crippen LogP contribution is 2.37. The summed E-state index contributed by atoms with van der Waals surface area (Å²) in [7, 11) is 0. The van der Waals surface area contributed by atoms with Gasteiger partial charge in [-0.1, -0.05) is 27.5 Å². The largest absolute Gasteiger partial charge is 0.417 e. The van der Waals surface area contributed by atoms with E-state index in [1.165, 1.54) is 6.07 Å². The lowest BCUT2D eigenvalue weighted by molar-refractivity contribution is -0.137. The predicted molar refractivity (Wildman–Crippen MR) is 67.3 cm³/mol. The van der Waals surface area contributed by atoms with Crippen LogP contribution in [-0.2, 0) is 6.18 Å². The molecule has 0 atom stereocenters. The van der Waals surface area contributed by atoms with Crippen LogP contribution in [0.3, 0.4) is 0 Å². The van der Waals surface area contributed by atoms with Gasteiger partial charge in [0.05, 0.1) is 15.9 Å². The molecule has 16 heavy (non-hydrogen) atoms. The smallest absolute Gasteiger partial charge is 0.293 e. The minimum Gasteiger partial charge on any atom is -0.293 e. The van der Waals surface area contributed by atoms with Gasteiger partial charge in [-0.05, 0) is 34.7 Å². The number of Topliss-reactive ketones (excluding diaryl/α,β-unsaturated/α-hetero) is 1. The average Bonchev–Trinajstić information content (AvgIpc) is 2.18. The van der Waals surface area contributed by atoms with E-state index in [0.29, 0.717) is 0 Å². The van der Waals surface area contributed by atoms with Crippen molar-refractivity contribution in [2.75, 3.05) is 5.33 Å². The molecule has 0 saturated carbocycles. The molecule has 0 aromatic heterocycles. The molecule has 1 aromatic rings. The van der Waals surface area contributed by atoms with Crippen LogP contribution in [0.25, 0.3) is 0 Å². The van der Waals surface area contributed by atoms with E-state index in [9.17, 15) is 18.0 Å². The molecule has 1 nitrogen and oxygen atoms in total. The lowest BCUT2D eigenvalue weighted by Crippen LogP contribution is -2.10. The Bertz CT molecular complexity index is 433. The molecule has 0 saturated heterocycles. The first-order valence-electron chi connectivity index (χ1n) is 3.92. The summed E-state index contributed by atoms with van der Waals surface area (Å²) >= 11 is 10.1. The number of carbonyl (C=O) groups excluding carboxylic acids is 1. The lowest BCUT2D eigenvalue weighted by Gasteiger charge is -2.11. The first-order chi connectivity index (χ1) is 7.27. The zero-order valence-electron chi connectivity index (χ0n) is 7.54. The maximum absolute atomic E-state index is 12.6. The third-order valence-electron chi connectivity index (χ3n) is 1.78. The van der Waals surface area contributed by atoms with Crippen LogP contribution in [-0.4, -0.2) is 11.1 Å². The Hall–Kier alpha value is 0.180. The van der Waals surface area contributed by atoms with Crippen molar-refractivity contribution in [3.05, 3.63) is 31.9 Å². The van der Waals surface area contributed by atoms with E-state index in [-0.39, 0.29) is 19.5 Å². The Labute approximate surface area is 117 Å². The van der Waals surface area contributed by atoms with Crippen molar-refractivity contribution in [1.82, 2.24) is 0 Å². The van der Waals surface area contributed by atoms with Gasteiger partial charge < -0.3 is 0 Å². The third-order valence-corrected chi connectivity index (χ3v) is 3.86. The highest BCUT2D eigenvalue weighted by Gasteiger charge is 2.34. The number of rotatable bonds is 2. The van der Waals surface area contributed by atoms with Crippen LogP contribution in [0.4, 0.5) is 13.2 Å². The predicted octanol–water partition coefficient (Wildman–Crippen LogP) is 4.54. The molecule has 88 valence electrons. The van der Waals surface area contributed by atoms with Crippen LogP contribution < -0.4 is 0 Å². The van der Waals surface area contributed by atoms with Crippen molar-refractivity contribution in [2.24, 2.45) is 0 Å². The summed E-state index contributed by atoms with van der Waals surface area (Å²) in [6, 6.07) is 2.11. The fourth-order valence-electron chi connectivity index (χ4n) is 1.03. The molecule has 0 spiro atoms. The van der Waals surface area contributed by atoms with Gasteiger partial charge >= 0.3 is 6.18 Å². The van der Waals surface area contributed by atoms with Gasteiger partial charge in [-0.3, -0.25) is 4.79 Å². The van der Waals surface area contributed by atoms with Gasteiger partial charge in [0.2, 0.25) is 0 Å². The number of benzene rings is 1. The average molecular weight is 427 g/mol. The van der Waals surface area contributed by atoms with E-state index in [2.05, 4.69) is 15.9 Å². The van der Waals surface area contributed by atoms with Crippen molar-refractivity contribution >= 4 is 55.9 Å². The zero-order chi connectivity index (χ0) is 12.5. The van der Waals surface area contributed by atoms with Crippen molar-refractivity contribution in [3.8, 4) is 0 Å². The summed E-state index contributed by atoms with van der Waals surface area (Å²) in [6.07, 6.45) is -4.56. The first-order valence-corrected chi connectivity index (χ1v) is 6.50. The van der Waals surface area contributed by atoms with Crippen LogP contribution in [0.5, 0.6) is 0 Å². The fourth-order valence-corrected chi connectivity index (χ4v) is 2.20. The minimum atomic E-state index is -4.56. The van der Waals surface area contributed by atoms with Gasteiger partial charge in [-0.2, -0.15) is 13.2 Å². The monoisotopic (exact) mass is 426 g/mol. The minimum absolute atomic E-state index is 0.00185. The quantitative estimate of drug-likeness (QED) is 0.385. The first kappa shape index (κ1) is 14.2. The molecule has 0 aliphatic heterocycles. The molecule has 1 aromatic carbocycles. The summed E-state index contributed by atoms with van der Waals surface area (Å²) in [4.78, 5) is 11.3. The molecule has 0 radical (unpaired) electrons. The molecular weight excluding hydrogens is 423 g/mol. The number of ketones is 1. The molecule has 0 aliphatic carbocycles. The van der Waals surface area contributed by atoms with Crippen molar-refractivity contribution in [1.29, 1.82) is 0 Å². The summed E-state index contributed by atoms with van der Waals surface area (Å²) in [5.41, 5.74) is -0.983. The molecule has 0 heterocycles.